The number of aryl methyl sites for hydroxylation is 1. The first-order valence-electron chi connectivity index (χ1n) is 7.92. The Morgan fingerprint density at radius 2 is 1.96 bits per heavy atom. The quantitative estimate of drug-likeness (QED) is 0.787. The second-order valence-corrected chi connectivity index (χ2v) is 6.12. The van der Waals surface area contributed by atoms with Gasteiger partial charge >= 0.3 is 6.18 Å². The number of rotatable bonds is 3. The summed E-state index contributed by atoms with van der Waals surface area (Å²) in [6, 6.07) is 6.67. The molecule has 2 aromatic rings. The largest absolute Gasteiger partial charge is 0.435 e. The average molecular weight is 355 g/mol. The molecule has 134 valence electrons. The van der Waals surface area contributed by atoms with Gasteiger partial charge in [0.05, 0.1) is 6.04 Å². The molecule has 8 heteroatoms. The van der Waals surface area contributed by atoms with Gasteiger partial charge in [-0.15, -0.1) is 0 Å². The van der Waals surface area contributed by atoms with E-state index in [1.807, 2.05) is 0 Å². The second-order valence-electron chi connectivity index (χ2n) is 6.12. The highest BCUT2D eigenvalue weighted by Gasteiger charge is 2.35. The second kappa shape index (κ2) is 6.50. The minimum atomic E-state index is -4.54. The summed E-state index contributed by atoms with van der Waals surface area (Å²) in [5, 5.41) is 3.50. The molecule has 0 saturated carbocycles. The molecule has 4 nitrogen and oxygen atoms in total. The van der Waals surface area contributed by atoms with E-state index < -0.39 is 11.9 Å². The highest BCUT2D eigenvalue weighted by molar-refractivity contribution is 5.77. The average Bonchev–Trinajstić information content (AvgIpc) is 3.15. The van der Waals surface area contributed by atoms with E-state index in [2.05, 4.69) is 5.10 Å². The fourth-order valence-corrected chi connectivity index (χ4v) is 3.12. The third kappa shape index (κ3) is 3.67. The maximum absolute atomic E-state index is 13.1. The number of carbonyl (C=O) groups is 1. The van der Waals surface area contributed by atoms with Crippen molar-refractivity contribution in [1.82, 2.24) is 14.7 Å². The molecule has 1 fully saturated rings. The van der Waals surface area contributed by atoms with Crippen LogP contribution in [0.5, 0.6) is 0 Å². The van der Waals surface area contributed by atoms with Gasteiger partial charge in [-0.25, -0.2) is 4.39 Å². The third-order valence-electron chi connectivity index (χ3n) is 4.38. The highest BCUT2D eigenvalue weighted by atomic mass is 19.4. The zero-order chi connectivity index (χ0) is 18.2. The zero-order valence-electron chi connectivity index (χ0n) is 13.6. The van der Waals surface area contributed by atoms with Crippen LogP contribution in [0.2, 0.25) is 0 Å². The van der Waals surface area contributed by atoms with Crippen LogP contribution in [0.4, 0.5) is 17.6 Å². The van der Waals surface area contributed by atoms with Crippen molar-refractivity contribution in [2.24, 2.45) is 0 Å². The van der Waals surface area contributed by atoms with Gasteiger partial charge in [-0.2, -0.15) is 18.3 Å². The van der Waals surface area contributed by atoms with Crippen LogP contribution >= 0.6 is 0 Å². The topological polar surface area (TPSA) is 38.1 Å². The van der Waals surface area contributed by atoms with E-state index in [1.165, 1.54) is 19.1 Å². The summed E-state index contributed by atoms with van der Waals surface area (Å²) in [6.07, 6.45) is -3.01. The summed E-state index contributed by atoms with van der Waals surface area (Å²) in [6.45, 7) is 1.75. The molecule has 1 aliphatic rings. The first-order chi connectivity index (χ1) is 11.8. The Morgan fingerprint density at radius 3 is 2.56 bits per heavy atom. The van der Waals surface area contributed by atoms with Gasteiger partial charge < -0.3 is 4.90 Å². The lowest BCUT2D eigenvalue weighted by Crippen LogP contribution is -2.34. The van der Waals surface area contributed by atoms with Crippen molar-refractivity contribution >= 4 is 5.91 Å². The fourth-order valence-electron chi connectivity index (χ4n) is 3.12. The highest BCUT2D eigenvalue weighted by Crippen LogP contribution is 2.32. The molecule has 1 atom stereocenters. The van der Waals surface area contributed by atoms with Gasteiger partial charge in [0, 0.05) is 12.2 Å². The SMILES string of the molecule is Cc1cc(C(F)(F)F)nn1CC(=O)N1CCCC1c1ccc(F)cc1. The normalized spacial score (nSPS) is 18.0. The minimum Gasteiger partial charge on any atom is -0.334 e. The van der Waals surface area contributed by atoms with Gasteiger partial charge in [0.1, 0.15) is 12.4 Å². The smallest absolute Gasteiger partial charge is 0.334 e. The molecule has 0 bridgehead atoms. The van der Waals surface area contributed by atoms with Crippen molar-refractivity contribution in [1.29, 1.82) is 0 Å². The number of carbonyl (C=O) groups excluding carboxylic acids is 1. The van der Waals surface area contributed by atoms with Crippen LogP contribution in [0.3, 0.4) is 0 Å². The van der Waals surface area contributed by atoms with Crippen molar-refractivity contribution in [3.8, 4) is 0 Å². The molecule has 1 aromatic heterocycles. The summed E-state index contributed by atoms with van der Waals surface area (Å²) in [5.74, 6) is -0.654. The van der Waals surface area contributed by atoms with Gasteiger partial charge in [0.15, 0.2) is 5.69 Å². The fraction of sp³-hybridized carbons (Fsp3) is 0.412. The Balaban J connectivity index is 1.76. The summed E-state index contributed by atoms with van der Waals surface area (Å²) < 4.78 is 52.4. The van der Waals surface area contributed by atoms with Crippen LogP contribution < -0.4 is 0 Å². The molecular weight excluding hydrogens is 338 g/mol. The monoisotopic (exact) mass is 355 g/mol. The van der Waals surface area contributed by atoms with Gasteiger partial charge in [0.2, 0.25) is 5.91 Å². The Labute approximate surface area is 142 Å². The van der Waals surface area contributed by atoms with Crippen LogP contribution in [-0.4, -0.2) is 27.1 Å². The maximum Gasteiger partial charge on any atom is 0.435 e. The summed E-state index contributed by atoms with van der Waals surface area (Å²) in [7, 11) is 0. The van der Waals surface area contributed by atoms with Crippen LogP contribution in [0.15, 0.2) is 30.3 Å². The third-order valence-corrected chi connectivity index (χ3v) is 4.38. The summed E-state index contributed by atoms with van der Waals surface area (Å²) in [5.41, 5.74) is 0.0907. The van der Waals surface area contributed by atoms with E-state index in [4.69, 9.17) is 0 Å². The summed E-state index contributed by atoms with van der Waals surface area (Å²) >= 11 is 0. The lowest BCUT2D eigenvalue weighted by atomic mass is 10.0. The zero-order valence-corrected chi connectivity index (χ0v) is 13.6. The number of alkyl halides is 3. The minimum absolute atomic E-state index is 0.189. The van der Waals surface area contributed by atoms with Gasteiger partial charge in [-0.05, 0) is 43.5 Å². The van der Waals surface area contributed by atoms with Gasteiger partial charge in [0.25, 0.3) is 0 Å². The van der Waals surface area contributed by atoms with E-state index in [0.29, 0.717) is 6.54 Å². The van der Waals surface area contributed by atoms with Crippen molar-refractivity contribution < 1.29 is 22.4 Å². The molecular formula is C17H17F4N3O. The number of amides is 1. The predicted molar refractivity (Wildman–Crippen MR) is 82.1 cm³/mol. The molecule has 0 aliphatic carbocycles. The van der Waals surface area contributed by atoms with E-state index in [1.54, 1.807) is 17.0 Å². The summed E-state index contributed by atoms with van der Waals surface area (Å²) in [4.78, 5) is 14.2. The maximum atomic E-state index is 13.1. The van der Waals surface area contributed by atoms with Gasteiger partial charge in [-0.1, -0.05) is 12.1 Å². The number of aromatic nitrogens is 2. The predicted octanol–water partition coefficient (Wildman–Crippen LogP) is 3.71. The van der Waals surface area contributed by atoms with Crippen LogP contribution in [-0.2, 0) is 17.5 Å². The van der Waals surface area contributed by atoms with E-state index in [-0.39, 0.29) is 30.0 Å². The molecule has 0 spiro atoms. The Kier molecular flexibility index (Phi) is 4.53. The number of halogens is 4. The van der Waals surface area contributed by atoms with Crippen LogP contribution in [0.25, 0.3) is 0 Å². The lowest BCUT2D eigenvalue weighted by Gasteiger charge is -2.25. The van der Waals surface area contributed by atoms with Crippen molar-refractivity contribution in [3.63, 3.8) is 0 Å². The molecule has 25 heavy (non-hydrogen) atoms. The first kappa shape index (κ1) is 17.4. The molecule has 1 aromatic carbocycles. The van der Waals surface area contributed by atoms with Crippen molar-refractivity contribution in [3.05, 3.63) is 53.1 Å². The van der Waals surface area contributed by atoms with Crippen LogP contribution in [0.1, 0.15) is 35.8 Å². The molecule has 0 N–H and O–H groups in total. The first-order valence-corrected chi connectivity index (χ1v) is 7.92. The van der Waals surface area contributed by atoms with E-state index >= 15 is 0 Å². The Hall–Kier alpha value is -2.38. The standard InChI is InChI=1S/C17H17F4N3O/c1-11-9-15(17(19,20)21)22-24(11)10-16(25)23-8-2-3-14(23)12-4-6-13(18)7-5-12/h4-7,9,14H,2-3,8,10H2,1H3. The number of benzene rings is 1. The van der Waals surface area contributed by atoms with Gasteiger partial charge in [-0.3, -0.25) is 9.48 Å². The van der Waals surface area contributed by atoms with Crippen LogP contribution in [0, 0.1) is 12.7 Å². The van der Waals surface area contributed by atoms with E-state index in [9.17, 15) is 22.4 Å². The molecule has 1 unspecified atom stereocenters. The number of likely N-dealkylation sites (tertiary alicyclic amines) is 1. The number of hydrogen-bond acceptors (Lipinski definition) is 2. The Morgan fingerprint density at radius 1 is 1.28 bits per heavy atom. The molecule has 1 saturated heterocycles. The number of nitrogens with zero attached hydrogens (tertiary/aromatic N) is 3. The van der Waals surface area contributed by atoms with Crippen molar-refractivity contribution in [2.75, 3.05) is 6.54 Å². The molecule has 1 aliphatic heterocycles. The molecule has 0 radical (unpaired) electrons. The molecule has 3 rings (SSSR count). The molecule has 1 amide bonds. The lowest BCUT2D eigenvalue weighted by molar-refractivity contribution is -0.142. The van der Waals surface area contributed by atoms with Crippen molar-refractivity contribution in [2.45, 2.75) is 38.5 Å². The Bertz CT molecular complexity index is 767. The molecule has 2 heterocycles. The van der Waals surface area contributed by atoms with E-state index in [0.717, 1.165) is 29.2 Å². The number of hydrogen-bond donors (Lipinski definition) is 0.